The highest BCUT2D eigenvalue weighted by Crippen LogP contribution is 2.34. The van der Waals surface area contributed by atoms with Crippen molar-refractivity contribution in [1.82, 2.24) is 5.32 Å². The molecule has 3 heteroatoms. The van der Waals surface area contributed by atoms with Crippen LogP contribution < -0.4 is 10.1 Å². The fourth-order valence-electron chi connectivity index (χ4n) is 2.73. The number of nitrogens with one attached hydrogen (secondary N) is 1. The molecule has 0 amide bonds. The lowest BCUT2D eigenvalue weighted by molar-refractivity contribution is -0.0232. The maximum absolute atomic E-state index is 6.04. The molecule has 3 nitrogen and oxygen atoms in total. The highest BCUT2D eigenvalue weighted by Gasteiger charge is 2.29. The smallest absolute Gasteiger partial charge is 0.124 e. The number of morpholine rings is 1. The topological polar surface area (TPSA) is 30.5 Å². The summed E-state index contributed by atoms with van der Waals surface area (Å²) in [6.07, 6.45) is 0.135. The molecule has 0 aromatic heterocycles. The van der Waals surface area contributed by atoms with Crippen LogP contribution in [0.4, 0.5) is 0 Å². The van der Waals surface area contributed by atoms with Crippen LogP contribution in [-0.4, -0.2) is 25.8 Å². The van der Waals surface area contributed by atoms with Crippen LogP contribution in [0.2, 0.25) is 0 Å². The van der Waals surface area contributed by atoms with Crippen LogP contribution in [-0.2, 0) is 4.74 Å². The van der Waals surface area contributed by atoms with Crippen molar-refractivity contribution in [3.63, 3.8) is 0 Å². The van der Waals surface area contributed by atoms with Gasteiger partial charge in [-0.2, -0.15) is 0 Å². The van der Waals surface area contributed by atoms with Crippen LogP contribution in [0.1, 0.15) is 42.2 Å². The third kappa shape index (κ3) is 2.77. The molecule has 1 aromatic rings. The molecule has 19 heavy (non-hydrogen) atoms. The van der Waals surface area contributed by atoms with Crippen molar-refractivity contribution in [3.05, 3.63) is 28.3 Å². The minimum atomic E-state index is 0.0704. The van der Waals surface area contributed by atoms with E-state index in [0.717, 1.165) is 18.9 Å². The number of ether oxygens (including phenoxy) is 2. The summed E-state index contributed by atoms with van der Waals surface area (Å²) < 4.78 is 11.5. The SMILES string of the molecule is COc1c(C)cc(C2CNC(C)(C)CO2)c(C)c1C. The van der Waals surface area contributed by atoms with Gasteiger partial charge < -0.3 is 14.8 Å². The summed E-state index contributed by atoms with van der Waals surface area (Å²) in [5, 5.41) is 3.55. The number of hydrogen-bond donors (Lipinski definition) is 1. The van der Waals surface area contributed by atoms with Crippen LogP contribution in [0.3, 0.4) is 0 Å². The summed E-state index contributed by atoms with van der Waals surface area (Å²) in [5.74, 6) is 0.991. The average molecular weight is 263 g/mol. The largest absolute Gasteiger partial charge is 0.496 e. The predicted octanol–water partition coefficient (Wildman–Crippen LogP) is 3.06. The molecule has 1 aliphatic heterocycles. The minimum Gasteiger partial charge on any atom is -0.496 e. The normalized spacial score (nSPS) is 22.3. The number of hydrogen-bond acceptors (Lipinski definition) is 3. The Labute approximate surface area is 116 Å². The Hall–Kier alpha value is -1.06. The van der Waals surface area contributed by atoms with Gasteiger partial charge in [-0.05, 0) is 62.9 Å². The van der Waals surface area contributed by atoms with E-state index in [1.165, 1.54) is 22.3 Å². The number of rotatable bonds is 2. The van der Waals surface area contributed by atoms with Gasteiger partial charge in [0.25, 0.3) is 0 Å². The molecule has 1 saturated heterocycles. The summed E-state index contributed by atoms with van der Waals surface area (Å²) in [6.45, 7) is 12.3. The summed E-state index contributed by atoms with van der Waals surface area (Å²) in [7, 11) is 1.73. The Morgan fingerprint density at radius 3 is 2.47 bits per heavy atom. The average Bonchev–Trinajstić information content (AvgIpc) is 2.35. The van der Waals surface area contributed by atoms with Gasteiger partial charge >= 0.3 is 0 Å². The molecule has 1 unspecified atom stereocenters. The van der Waals surface area contributed by atoms with E-state index in [-0.39, 0.29) is 11.6 Å². The first-order chi connectivity index (χ1) is 8.85. The van der Waals surface area contributed by atoms with Crippen molar-refractivity contribution < 1.29 is 9.47 Å². The maximum atomic E-state index is 6.04. The van der Waals surface area contributed by atoms with Crippen molar-refractivity contribution in [2.75, 3.05) is 20.3 Å². The highest BCUT2D eigenvalue weighted by atomic mass is 16.5. The van der Waals surface area contributed by atoms with Gasteiger partial charge in [0.1, 0.15) is 5.75 Å². The Morgan fingerprint density at radius 2 is 1.95 bits per heavy atom. The van der Waals surface area contributed by atoms with Gasteiger partial charge in [0.15, 0.2) is 0 Å². The molecule has 1 N–H and O–H groups in total. The lowest BCUT2D eigenvalue weighted by atomic mass is 9.93. The summed E-state index contributed by atoms with van der Waals surface area (Å²) >= 11 is 0. The molecule has 0 bridgehead atoms. The fraction of sp³-hybridized carbons (Fsp3) is 0.625. The van der Waals surface area contributed by atoms with Gasteiger partial charge in [-0.15, -0.1) is 0 Å². The Bertz CT molecular complexity index is 470. The second kappa shape index (κ2) is 5.14. The molecule has 2 rings (SSSR count). The predicted molar refractivity (Wildman–Crippen MR) is 78.0 cm³/mol. The molecule has 1 fully saturated rings. The van der Waals surface area contributed by atoms with Crippen molar-refractivity contribution in [3.8, 4) is 5.75 Å². The zero-order valence-corrected chi connectivity index (χ0v) is 12.9. The van der Waals surface area contributed by atoms with E-state index in [1.807, 2.05) is 0 Å². The van der Waals surface area contributed by atoms with Crippen molar-refractivity contribution in [1.29, 1.82) is 0 Å². The standard InChI is InChI=1S/C16H25NO2/c1-10-7-13(11(2)12(3)15(10)18-6)14-8-17-16(4,5)9-19-14/h7,14,17H,8-9H2,1-6H3. The highest BCUT2D eigenvalue weighted by molar-refractivity contribution is 5.49. The molecule has 1 aromatic carbocycles. The second-order valence-electron chi connectivity index (χ2n) is 6.13. The second-order valence-corrected chi connectivity index (χ2v) is 6.13. The quantitative estimate of drug-likeness (QED) is 0.889. The first-order valence-corrected chi connectivity index (χ1v) is 6.87. The summed E-state index contributed by atoms with van der Waals surface area (Å²) in [5.41, 5.74) is 5.01. The van der Waals surface area contributed by atoms with Gasteiger partial charge in [-0.25, -0.2) is 0 Å². The van der Waals surface area contributed by atoms with Crippen LogP contribution >= 0.6 is 0 Å². The van der Waals surface area contributed by atoms with Gasteiger partial charge in [-0.3, -0.25) is 0 Å². The maximum Gasteiger partial charge on any atom is 0.124 e. The molecular weight excluding hydrogens is 238 g/mol. The lowest BCUT2D eigenvalue weighted by Crippen LogP contribution is -2.50. The Morgan fingerprint density at radius 1 is 1.26 bits per heavy atom. The Kier molecular flexibility index (Phi) is 3.88. The van der Waals surface area contributed by atoms with E-state index in [9.17, 15) is 0 Å². The molecule has 0 aliphatic carbocycles. The van der Waals surface area contributed by atoms with Crippen LogP contribution in [0, 0.1) is 20.8 Å². The minimum absolute atomic E-state index is 0.0704. The van der Waals surface area contributed by atoms with E-state index in [1.54, 1.807) is 7.11 Å². The lowest BCUT2D eigenvalue weighted by Gasteiger charge is -2.37. The zero-order valence-electron chi connectivity index (χ0n) is 12.9. The van der Waals surface area contributed by atoms with Crippen molar-refractivity contribution in [2.24, 2.45) is 0 Å². The van der Waals surface area contributed by atoms with E-state index < -0.39 is 0 Å². The number of benzene rings is 1. The number of methoxy groups -OCH3 is 1. The number of aryl methyl sites for hydroxylation is 1. The summed E-state index contributed by atoms with van der Waals surface area (Å²) in [4.78, 5) is 0. The van der Waals surface area contributed by atoms with Crippen molar-refractivity contribution in [2.45, 2.75) is 46.3 Å². The first kappa shape index (κ1) is 14.4. The van der Waals surface area contributed by atoms with Gasteiger partial charge in [0, 0.05) is 12.1 Å². The molecule has 1 heterocycles. The van der Waals surface area contributed by atoms with E-state index in [4.69, 9.17) is 9.47 Å². The fourth-order valence-corrected chi connectivity index (χ4v) is 2.73. The molecule has 106 valence electrons. The van der Waals surface area contributed by atoms with Crippen LogP contribution in [0.5, 0.6) is 5.75 Å². The molecule has 1 atom stereocenters. The monoisotopic (exact) mass is 263 g/mol. The molecule has 0 saturated carbocycles. The van der Waals surface area contributed by atoms with Gasteiger partial charge in [0.2, 0.25) is 0 Å². The summed E-state index contributed by atoms with van der Waals surface area (Å²) in [6, 6.07) is 2.20. The molecule has 1 aliphatic rings. The van der Waals surface area contributed by atoms with Gasteiger partial charge in [0.05, 0.1) is 19.8 Å². The third-order valence-electron chi connectivity index (χ3n) is 4.03. The third-order valence-corrected chi connectivity index (χ3v) is 4.03. The molecular formula is C16H25NO2. The van der Waals surface area contributed by atoms with Crippen LogP contribution in [0.15, 0.2) is 6.07 Å². The van der Waals surface area contributed by atoms with E-state index in [2.05, 4.69) is 46.0 Å². The molecule has 0 radical (unpaired) electrons. The van der Waals surface area contributed by atoms with E-state index in [0.29, 0.717) is 0 Å². The van der Waals surface area contributed by atoms with Gasteiger partial charge in [-0.1, -0.05) is 0 Å². The van der Waals surface area contributed by atoms with Crippen LogP contribution in [0.25, 0.3) is 0 Å². The Balaban J connectivity index is 2.32. The first-order valence-electron chi connectivity index (χ1n) is 6.87. The van der Waals surface area contributed by atoms with Crippen molar-refractivity contribution >= 4 is 0 Å². The zero-order chi connectivity index (χ0) is 14.2. The molecule has 0 spiro atoms. The van der Waals surface area contributed by atoms with E-state index >= 15 is 0 Å².